The molecule has 2 rings (SSSR count). The molecule has 0 bridgehead atoms. The van der Waals surface area contributed by atoms with Crippen molar-refractivity contribution in [1.82, 2.24) is 10.3 Å². The molecule has 1 aromatic heterocycles. The first-order chi connectivity index (χ1) is 8.90. The number of hydrogen-bond donors (Lipinski definition) is 2. The topological polar surface area (TPSA) is 54.2 Å². The Morgan fingerprint density at radius 2 is 1.94 bits per heavy atom. The van der Waals surface area contributed by atoms with Crippen molar-refractivity contribution in [2.24, 2.45) is 5.73 Å². The number of hydrogen-bond acceptors (Lipinski definition) is 4. The summed E-state index contributed by atoms with van der Waals surface area (Å²) < 4.78 is 0. The highest BCUT2D eigenvalue weighted by molar-refractivity contribution is 5.44. The quantitative estimate of drug-likeness (QED) is 0.747. The van der Waals surface area contributed by atoms with Crippen LogP contribution in [0, 0.1) is 0 Å². The van der Waals surface area contributed by atoms with Crippen LogP contribution in [0.4, 0.5) is 5.69 Å². The lowest BCUT2D eigenvalue weighted by Gasteiger charge is -2.34. The average Bonchev–Trinajstić information content (AvgIpc) is 2.45. The van der Waals surface area contributed by atoms with E-state index in [2.05, 4.69) is 27.3 Å². The number of rotatable bonds is 6. The first-order valence-corrected chi connectivity index (χ1v) is 6.98. The SMILES string of the molecule is NCCCCNC1CCN(c2ccncc2)CC1. The van der Waals surface area contributed by atoms with E-state index in [1.54, 1.807) is 0 Å². The zero-order valence-corrected chi connectivity index (χ0v) is 11.0. The smallest absolute Gasteiger partial charge is 0.0397 e. The Balaban J connectivity index is 1.68. The maximum Gasteiger partial charge on any atom is 0.0397 e. The van der Waals surface area contributed by atoms with Crippen LogP contribution < -0.4 is 16.0 Å². The number of aromatic nitrogens is 1. The van der Waals surface area contributed by atoms with E-state index in [9.17, 15) is 0 Å². The molecule has 0 aromatic carbocycles. The van der Waals surface area contributed by atoms with Gasteiger partial charge in [-0.15, -0.1) is 0 Å². The lowest BCUT2D eigenvalue weighted by molar-refractivity contribution is 0.411. The van der Waals surface area contributed by atoms with Gasteiger partial charge in [-0.05, 0) is 50.9 Å². The van der Waals surface area contributed by atoms with Gasteiger partial charge in [0.05, 0.1) is 0 Å². The fourth-order valence-corrected chi connectivity index (χ4v) is 2.47. The molecule has 0 saturated carbocycles. The van der Waals surface area contributed by atoms with Crippen LogP contribution in [0.2, 0.25) is 0 Å². The molecule has 1 aromatic rings. The van der Waals surface area contributed by atoms with Gasteiger partial charge < -0.3 is 16.0 Å². The molecule has 1 fully saturated rings. The van der Waals surface area contributed by atoms with Crippen molar-refractivity contribution >= 4 is 5.69 Å². The van der Waals surface area contributed by atoms with Crippen LogP contribution in [0.15, 0.2) is 24.5 Å². The predicted octanol–water partition coefficient (Wildman–Crippen LogP) is 1.38. The lowest BCUT2D eigenvalue weighted by Crippen LogP contribution is -2.42. The monoisotopic (exact) mass is 248 g/mol. The number of piperidine rings is 1. The highest BCUT2D eigenvalue weighted by atomic mass is 15.1. The van der Waals surface area contributed by atoms with Gasteiger partial charge in [0.25, 0.3) is 0 Å². The molecule has 1 saturated heterocycles. The van der Waals surface area contributed by atoms with Crippen molar-refractivity contribution in [2.75, 3.05) is 31.1 Å². The first-order valence-electron chi connectivity index (χ1n) is 6.98. The second-order valence-electron chi connectivity index (χ2n) is 4.92. The zero-order valence-electron chi connectivity index (χ0n) is 11.0. The van der Waals surface area contributed by atoms with Gasteiger partial charge in [0.1, 0.15) is 0 Å². The van der Waals surface area contributed by atoms with E-state index in [0.29, 0.717) is 6.04 Å². The Morgan fingerprint density at radius 1 is 1.22 bits per heavy atom. The Hall–Kier alpha value is -1.13. The minimum absolute atomic E-state index is 0.681. The zero-order chi connectivity index (χ0) is 12.6. The number of pyridine rings is 1. The van der Waals surface area contributed by atoms with Crippen LogP contribution >= 0.6 is 0 Å². The fraction of sp³-hybridized carbons (Fsp3) is 0.643. The Kier molecular flexibility index (Phi) is 5.42. The number of nitrogens with two attached hydrogens (primary N) is 1. The van der Waals surface area contributed by atoms with Crippen LogP contribution in [-0.4, -0.2) is 37.2 Å². The van der Waals surface area contributed by atoms with Gasteiger partial charge in [-0.3, -0.25) is 4.98 Å². The molecule has 4 heteroatoms. The maximum absolute atomic E-state index is 5.49. The van der Waals surface area contributed by atoms with Gasteiger partial charge >= 0.3 is 0 Å². The summed E-state index contributed by atoms with van der Waals surface area (Å²) in [5.41, 5.74) is 6.79. The van der Waals surface area contributed by atoms with E-state index in [4.69, 9.17) is 5.73 Å². The molecule has 1 aliphatic rings. The van der Waals surface area contributed by atoms with Crippen molar-refractivity contribution in [3.63, 3.8) is 0 Å². The highest BCUT2D eigenvalue weighted by Gasteiger charge is 2.18. The molecule has 4 nitrogen and oxygen atoms in total. The third-order valence-corrected chi connectivity index (χ3v) is 3.59. The molecule has 0 unspecified atom stereocenters. The Morgan fingerprint density at radius 3 is 2.61 bits per heavy atom. The molecule has 0 radical (unpaired) electrons. The summed E-state index contributed by atoms with van der Waals surface area (Å²) in [6, 6.07) is 4.87. The van der Waals surface area contributed by atoms with Gasteiger partial charge in [0, 0.05) is 37.2 Å². The van der Waals surface area contributed by atoms with Gasteiger partial charge in [0.15, 0.2) is 0 Å². The van der Waals surface area contributed by atoms with E-state index >= 15 is 0 Å². The molecule has 3 N–H and O–H groups in total. The Bertz CT molecular complexity index is 320. The van der Waals surface area contributed by atoms with Crippen LogP contribution in [0.5, 0.6) is 0 Å². The fourth-order valence-electron chi connectivity index (χ4n) is 2.47. The summed E-state index contributed by atoms with van der Waals surface area (Å²) in [5.74, 6) is 0. The van der Waals surface area contributed by atoms with Crippen LogP contribution in [-0.2, 0) is 0 Å². The third-order valence-electron chi connectivity index (χ3n) is 3.59. The van der Waals surface area contributed by atoms with Crippen LogP contribution in [0.3, 0.4) is 0 Å². The van der Waals surface area contributed by atoms with Crippen molar-refractivity contribution in [3.8, 4) is 0 Å². The minimum Gasteiger partial charge on any atom is -0.371 e. The summed E-state index contributed by atoms with van der Waals surface area (Å²) in [4.78, 5) is 6.51. The standard InChI is InChI=1S/C14H24N4/c15-7-1-2-8-17-13-5-11-18(12-6-13)14-3-9-16-10-4-14/h3-4,9-10,13,17H,1-2,5-8,11-12,15H2. The van der Waals surface area contributed by atoms with E-state index < -0.39 is 0 Å². The molecule has 0 spiro atoms. The molecule has 2 heterocycles. The molecule has 18 heavy (non-hydrogen) atoms. The van der Waals surface area contributed by atoms with Crippen molar-refractivity contribution in [1.29, 1.82) is 0 Å². The summed E-state index contributed by atoms with van der Waals surface area (Å²) in [6.07, 6.45) is 8.51. The average molecular weight is 248 g/mol. The molecular weight excluding hydrogens is 224 g/mol. The second kappa shape index (κ2) is 7.34. The van der Waals surface area contributed by atoms with Gasteiger partial charge in [-0.2, -0.15) is 0 Å². The van der Waals surface area contributed by atoms with Crippen LogP contribution in [0.1, 0.15) is 25.7 Å². The van der Waals surface area contributed by atoms with Crippen molar-refractivity contribution in [3.05, 3.63) is 24.5 Å². The molecular formula is C14H24N4. The normalized spacial score (nSPS) is 17.1. The number of nitrogens with zero attached hydrogens (tertiary/aromatic N) is 2. The molecule has 1 aliphatic heterocycles. The Labute approximate surface area is 110 Å². The van der Waals surface area contributed by atoms with Gasteiger partial charge in [0.2, 0.25) is 0 Å². The molecule has 100 valence electrons. The number of anilines is 1. The summed E-state index contributed by atoms with van der Waals surface area (Å²) in [5, 5.41) is 3.63. The van der Waals surface area contributed by atoms with E-state index in [0.717, 1.165) is 32.6 Å². The second-order valence-corrected chi connectivity index (χ2v) is 4.92. The first kappa shape index (κ1) is 13.3. The highest BCUT2D eigenvalue weighted by Crippen LogP contribution is 2.18. The van der Waals surface area contributed by atoms with Crippen molar-refractivity contribution in [2.45, 2.75) is 31.7 Å². The molecule has 0 amide bonds. The largest absolute Gasteiger partial charge is 0.371 e. The summed E-state index contributed by atoms with van der Waals surface area (Å²) >= 11 is 0. The third kappa shape index (κ3) is 3.96. The van der Waals surface area contributed by atoms with E-state index in [1.807, 2.05) is 12.4 Å². The molecule has 0 atom stereocenters. The van der Waals surface area contributed by atoms with Gasteiger partial charge in [-0.1, -0.05) is 0 Å². The minimum atomic E-state index is 0.681. The predicted molar refractivity (Wildman–Crippen MR) is 75.8 cm³/mol. The maximum atomic E-state index is 5.49. The summed E-state index contributed by atoms with van der Waals surface area (Å²) in [6.45, 7) is 4.19. The number of nitrogens with one attached hydrogen (secondary N) is 1. The summed E-state index contributed by atoms with van der Waals surface area (Å²) in [7, 11) is 0. The van der Waals surface area contributed by atoms with Gasteiger partial charge in [-0.25, -0.2) is 0 Å². The van der Waals surface area contributed by atoms with Crippen LogP contribution in [0.25, 0.3) is 0 Å². The number of unbranched alkanes of at least 4 members (excludes halogenated alkanes) is 1. The molecule has 0 aliphatic carbocycles. The van der Waals surface area contributed by atoms with E-state index in [1.165, 1.54) is 24.9 Å². The van der Waals surface area contributed by atoms with Crippen molar-refractivity contribution < 1.29 is 0 Å². The lowest BCUT2D eigenvalue weighted by atomic mass is 10.0. The van der Waals surface area contributed by atoms with E-state index in [-0.39, 0.29) is 0 Å².